The van der Waals surface area contributed by atoms with Crippen molar-refractivity contribution in [1.82, 2.24) is 15.2 Å². The number of nitrogens with one attached hydrogen (secondary N) is 1. The van der Waals surface area contributed by atoms with Crippen LogP contribution in [0.4, 0.5) is 4.79 Å². The molecule has 2 N–H and O–H groups in total. The first-order valence-corrected chi connectivity index (χ1v) is 7.77. The van der Waals surface area contributed by atoms with Crippen molar-refractivity contribution in [2.24, 2.45) is 5.92 Å². The Morgan fingerprint density at radius 2 is 2.35 bits per heavy atom. The van der Waals surface area contributed by atoms with Crippen molar-refractivity contribution in [3.8, 4) is 0 Å². The zero-order valence-corrected chi connectivity index (χ0v) is 11.8. The van der Waals surface area contributed by atoms with Crippen molar-refractivity contribution in [2.45, 2.75) is 37.8 Å². The Bertz CT molecular complexity index is 505. The van der Waals surface area contributed by atoms with E-state index in [0.29, 0.717) is 19.4 Å². The number of nitrogens with zero attached hydrogens (tertiary/aromatic N) is 2. The van der Waals surface area contributed by atoms with Crippen LogP contribution in [0.1, 0.15) is 25.0 Å². The van der Waals surface area contributed by atoms with Crippen LogP contribution >= 0.6 is 11.3 Å². The fourth-order valence-electron chi connectivity index (χ4n) is 3.32. The zero-order chi connectivity index (χ0) is 14.1. The number of hydrogen-bond donors (Lipinski definition) is 2. The highest BCUT2D eigenvalue weighted by atomic mass is 32.1. The standard InChI is InChI=1S/C13H17N3O3S/c17-12(18)10-5-9-1-2-11(10)16(9)13(19)14-4-3-8-6-20-7-15-8/h6-7,9-11H,1-5H2,(H,14,19)(H,17,18). The topological polar surface area (TPSA) is 82.5 Å². The minimum atomic E-state index is -0.780. The molecule has 0 spiro atoms. The molecule has 3 rings (SSSR count). The lowest BCUT2D eigenvalue weighted by Gasteiger charge is -2.23. The molecule has 1 aromatic rings. The maximum absolute atomic E-state index is 12.2. The molecule has 0 saturated carbocycles. The number of carboxylic acids is 1. The molecule has 108 valence electrons. The summed E-state index contributed by atoms with van der Waals surface area (Å²) in [4.78, 5) is 29.3. The fourth-order valence-corrected chi connectivity index (χ4v) is 3.91. The van der Waals surface area contributed by atoms with Gasteiger partial charge in [0.1, 0.15) is 0 Å². The number of amides is 2. The summed E-state index contributed by atoms with van der Waals surface area (Å²) in [5.41, 5.74) is 2.75. The SMILES string of the molecule is O=C(O)C1CC2CCC1N2C(=O)NCCc1cscn1. The molecule has 20 heavy (non-hydrogen) atoms. The number of urea groups is 1. The molecule has 2 aliphatic rings. The van der Waals surface area contributed by atoms with Crippen molar-refractivity contribution in [3.63, 3.8) is 0 Å². The molecule has 3 atom stereocenters. The van der Waals surface area contributed by atoms with Crippen molar-refractivity contribution in [1.29, 1.82) is 0 Å². The van der Waals surface area contributed by atoms with Crippen LogP contribution in [0.2, 0.25) is 0 Å². The highest BCUT2D eigenvalue weighted by molar-refractivity contribution is 7.07. The van der Waals surface area contributed by atoms with E-state index in [2.05, 4.69) is 10.3 Å². The van der Waals surface area contributed by atoms with Gasteiger partial charge in [-0.05, 0) is 19.3 Å². The van der Waals surface area contributed by atoms with Gasteiger partial charge >= 0.3 is 12.0 Å². The molecule has 3 unspecified atom stereocenters. The zero-order valence-electron chi connectivity index (χ0n) is 11.0. The molecule has 2 amide bonds. The van der Waals surface area contributed by atoms with Gasteiger partial charge in [-0.1, -0.05) is 0 Å². The van der Waals surface area contributed by atoms with E-state index >= 15 is 0 Å². The Morgan fingerprint density at radius 3 is 3.00 bits per heavy atom. The third kappa shape index (κ3) is 2.37. The molecule has 0 aliphatic carbocycles. The van der Waals surface area contributed by atoms with E-state index in [-0.39, 0.29) is 18.1 Å². The van der Waals surface area contributed by atoms with Crippen LogP contribution in [-0.2, 0) is 11.2 Å². The van der Waals surface area contributed by atoms with Crippen molar-refractivity contribution < 1.29 is 14.7 Å². The molecule has 1 aromatic heterocycles. The van der Waals surface area contributed by atoms with Gasteiger partial charge in [0.2, 0.25) is 0 Å². The Hall–Kier alpha value is -1.63. The maximum Gasteiger partial charge on any atom is 0.317 e. The number of thiazole rings is 1. The van der Waals surface area contributed by atoms with Crippen LogP contribution < -0.4 is 5.32 Å². The second-order valence-electron chi connectivity index (χ2n) is 5.35. The first kappa shape index (κ1) is 13.4. The molecular weight excluding hydrogens is 278 g/mol. The number of carboxylic acid groups (broad SMARTS) is 1. The van der Waals surface area contributed by atoms with Gasteiger partial charge in [-0.25, -0.2) is 9.78 Å². The lowest BCUT2D eigenvalue weighted by atomic mass is 9.89. The molecule has 6 nitrogen and oxygen atoms in total. The average molecular weight is 295 g/mol. The Morgan fingerprint density at radius 1 is 1.50 bits per heavy atom. The van der Waals surface area contributed by atoms with E-state index in [0.717, 1.165) is 18.5 Å². The first-order valence-electron chi connectivity index (χ1n) is 6.83. The Balaban J connectivity index is 1.54. The summed E-state index contributed by atoms with van der Waals surface area (Å²) in [6, 6.07) is -0.159. The second kappa shape index (κ2) is 5.40. The van der Waals surface area contributed by atoms with Gasteiger partial charge in [-0.3, -0.25) is 4.79 Å². The molecule has 2 bridgehead atoms. The summed E-state index contributed by atoms with van der Waals surface area (Å²) in [6.45, 7) is 0.538. The van der Waals surface area contributed by atoms with Gasteiger partial charge in [0, 0.05) is 30.4 Å². The number of rotatable bonds is 4. The van der Waals surface area contributed by atoms with Crippen LogP contribution in [0.3, 0.4) is 0 Å². The fraction of sp³-hybridized carbons (Fsp3) is 0.615. The highest BCUT2D eigenvalue weighted by Crippen LogP contribution is 2.41. The predicted molar refractivity (Wildman–Crippen MR) is 73.6 cm³/mol. The number of fused-ring (bicyclic) bond motifs is 2. The first-order chi connectivity index (χ1) is 9.66. The maximum atomic E-state index is 12.2. The minimum Gasteiger partial charge on any atom is -0.481 e. The molecule has 0 radical (unpaired) electrons. The summed E-state index contributed by atoms with van der Waals surface area (Å²) in [7, 11) is 0. The third-order valence-corrected chi connectivity index (χ3v) is 4.86. The van der Waals surface area contributed by atoms with E-state index in [1.165, 1.54) is 11.3 Å². The largest absolute Gasteiger partial charge is 0.481 e. The molecule has 0 aromatic carbocycles. The summed E-state index contributed by atoms with van der Waals surface area (Å²) in [5, 5.41) is 14.0. The molecule has 7 heteroatoms. The van der Waals surface area contributed by atoms with Crippen molar-refractivity contribution >= 4 is 23.3 Å². The second-order valence-corrected chi connectivity index (χ2v) is 6.07. The summed E-state index contributed by atoms with van der Waals surface area (Å²) in [5.74, 6) is -1.17. The highest BCUT2D eigenvalue weighted by Gasteiger charge is 2.51. The predicted octanol–water partition coefficient (Wildman–Crippen LogP) is 1.33. The van der Waals surface area contributed by atoms with E-state index in [1.54, 1.807) is 10.4 Å². The van der Waals surface area contributed by atoms with Crippen molar-refractivity contribution in [3.05, 3.63) is 16.6 Å². The quantitative estimate of drug-likeness (QED) is 0.878. The molecule has 3 heterocycles. The van der Waals surface area contributed by atoms with E-state index in [9.17, 15) is 14.7 Å². The van der Waals surface area contributed by atoms with Gasteiger partial charge in [0.25, 0.3) is 0 Å². The number of carbonyl (C=O) groups excluding carboxylic acids is 1. The van der Waals surface area contributed by atoms with Gasteiger partial charge < -0.3 is 15.3 Å². The van der Waals surface area contributed by atoms with E-state index < -0.39 is 11.9 Å². The summed E-state index contributed by atoms with van der Waals surface area (Å²) >= 11 is 1.54. The lowest BCUT2D eigenvalue weighted by molar-refractivity contribution is -0.142. The smallest absolute Gasteiger partial charge is 0.317 e. The molecular formula is C13H17N3O3S. The monoisotopic (exact) mass is 295 g/mol. The number of aliphatic carboxylic acids is 1. The summed E-state index contributed by atoms with van der Waals surface area (Å²) < 4.78 is 0. The van der Waals surface area contributed by atoms with Gasteiger partial charge in [-0.2, -0.15) is 0 Å². The third-order valence-electron chi connectivity index (χ3n) is 4.23. The van der Waals surface area contributed by atoms with Crippen LogP contribution in [-0.4, -0.2) is 45.6 Å². The van der Waals surface area contributed by atoms with E-state index in [1.807, 2.05) is 5.38 Å². The molecule has 2 aliphatic heterocycles. The Labute approximate surface area is 120 Å². The van der Waals surface area contributed by atoms with Crippen LogP contribution in [0, 0.1) is 5.92 Å². The average Bonchev–Trinajstić information content (AvgIpc) is 3.13. The van der Waals surface area contributed by atoms with E-state index in [4.69, 9.17) is 0 Å². The number of aromatic nitrogens is 1. The normalized spacial score (nSPS) is 27.8. The van der Waals surface area contributed by atoms with Crippen LogP contribution in [0.15, 0.2) is 10.9 Å². The van der Waals surface area contributed by atoms with Gasteiger partial charge in [0.05, 0.1) is 17.1 Å². The van der Waals surface area contributed by atoms with Gasteiger partial charge in [-0.15, -0.1) is 11.3 Å². The molecule has 2 fully saturated rings. The van der Waals surface area contributed by atoms with Crippen LogP contribution in [0.25, 0.3) is 0 Å². The molecule has 2 saturated heterocycles. The van der Waals surface area contributed by atoms with Gasteiger partial charge in [0.15, 0.2) is 0 Å². The minimum absolute atomic E-state index is 0.0976. The van der Waals surface area contributed by atoms with Crippen molar-refractivity contribution in [2.75, 3.05) is 6.54 Å². The number of carbonyl (C=O) groups is 2. The lowest BCUT2D eigenvalue weighted by Crippen LogP contribution is -2.44. The van der Waals surface area contributed by atoms with Crippen LogP contribution in [0.5, 0.6) is 0 Å². The number of hydrogen-bond acceptors (Lipinski definition) is 4. The Kier molecular flexibility index (Phi) is 3.60. The summed E-state index contributed by atoms with van der Waals surface area (Å²) in [6.07, 6.45) is 3.04.